The van der Waals surface area contributed by atoms with Gasteiger partial charge < -0.3 is 15.3 Å². The second-order valence-corrected chi connectivity index (χ2v) is 12.0. The van der Waals surface area contributed by atoms with Gasteiger partial charge in [0.05, 0.1) is 0 Å². The van der Waals surface area contributed by atoms with E-state index in [-0.39, 0.29) is 0 Å². The zero-order valence-electron chi connectivity index (χ0n) is 35.3. The first-order valence-corrected chi connectivity index (χ1v) is 20.2. The van der Waals surface area contributed by atoms with Crippen LogP contribution in [0.3, 0.4) is 0 Å². The monoisotopic (exact) mass is 826 g/mol. The Labute approximate surface area is 372 Å². The van der Waals surface area contributed by atoms with Gasteiger partial charge in [0, 0.05) is 0 Å². The first-order chi connectivity index (χ1) is 29.8. The van der Waals surface area contributed by atoms with Gasteiger partial charge in [0.15, 0.2) is 0 Å². The molecule has 0 fully saturated rings. The Morgan fingerprint density at radius 3 is 0.550 bits per heavy atom. The van der Waals surface area contributed by atoms with E-state index in [0.29, 0.717) is 0 Å². The minimum absolute atomic E-state index is 0.750. The van der Waals surface area contributed by atoms with Crippen LogP contribution < -0.4 is 15.3 Å². The zero-order valence-corrected chi connectivity index (χ0v) is 36.8. The fourth-order valence-corrected chi connectivity index (χ4v) is 4.73. The molecule has 3 nitrogen and oxygen atoms in total. The number of benzene rings is 6. The molecule has 304 valence electrons. The maximum atomic E-state index is 8.25. The minimum Gasteiger partial charge on any atom is -0.857 e. The summed E-state index contributed by atoms with van der Waals surface area (Å²) in [5, 5.41) is 24.8. The topological polar surface area (TPSA) is 69.2 Å². The molecule has 0 bridgehead atoms. The maximum Gasteiger partial charge on any atom is -0.153 e. The fourth-order valence-electron chi connectivity index (χ4n) is 4.55. The summed E-state index contributed by atoms with van der Waals surface area (Å²) in [6.45, 7) is 2.00. The number of hydrogen-bond donors (Lipinski definition) is 0. The summed E-state index contributed by atoms with van der Waals surface area (Å²) in [4.78, 5) is 0. The second-order valence-electron chi connectivity index (χ2n) is 11.5. The van der Waals surface area contributed by atoms with Crippen molar-refractivity contribution in [2.45, 2.75) is 6.92 Å². The molecule has 4 heteroatoms. The third-order valence-corrected chi connectivity index (χ3v) is 7.56. The van der Waals surface area contributed by atoms with Crippen molar-refractivity contribution >= 4 is 36.5 Å². The van der Waals surface area contributed by atoms with Crippen molar-refractivity contribution in [1.82, 2.24) is 0 Å². The number of allylic oxidation sites excluding steroid dienone is 9. The van der Waals surface area contributed by atoms with Crippen molar-refractivity contribution in [1.29, 1.82) is 0 Å². The minimum atomic E-state index is 0.750. The van der Waals surface area contributed by atoms with E-state index in [0.717, 1.165) is 21.3 Å². The average molecular weight is 827 g/mol. The van der Waals surface area contributed by atoms with Gasteiger partial charge in [0.1, 0.15) is 0 Å². The van der Waals surface area contributed by atoms with Crippen LogP contribution in [0.4, 0.5) is 0 Å². The molecule has 0 aliphatic heterocycles. The van der Waals surface area contributed by atoms with Crippen molar-refractivity contribution < 1.29 is 35.8 Å². The molecule has 0 aromatic heterocycles. The predicted molar refractivity (Wildman–Crippen MR) is 255 cm³/mol. The van der Waals surface area contributed by atoms with E-state index in [1.54, 1.807) is 0 Å². The quantitative estimate of drug-likeness (QED) is 0.102. The van der Waals surface area contributed by atoms with E-state index in [2.05, 4.69) is 146 Å². The standard InChI is InChI=1S/3C16H14.C5H7.3CH3O.Ti/c3*1-3-9-15(10-4-1)13-7-8-14-16-11-5-2-6-12-16;1-3-5-4-2;3*1-2;/h3*1-14H;1,3-5H,2H3;3*1H3;/q;;;;3*-1;+3. The van der Waals surface area contributed by atoms with Gasteiger partial charge in [-0.25, -0.2) is 0 Å². The third-order valence-electron chi connectivity index (χ3n) is 7.26. The van der Waals surface area contributed by atoms with Crippen LogP contribution in [-0.2, 0) is 20.4 Å². The van der Waals surface area contributed by atoms with Gasteiger partial charge in [-0.3, -0.25) is 0 Å². The Morgan fingerprint density at radius 2 is 0.433 bits per heavy atom. The van der Waals surface area contributed by atoms with E-state index < -0.39 is 0 Å². The summed E-state index contributed by atoms with van der Waals surface area (Å²) in [5.74, 6) is 0. The van der Waals surface area contributed by atoms with Gasteiger partial charge in [-0.2, -0.15) is 21.3 Å². The van der Waals surface area contributed by atoms with E-state index in [1.807, 2.05) is 159 Å². The van der Waals surface area contributed by atoms with Gasteiger partial charge in [0.25, 0.3) is 0 Å². The Balaban J connectivity index is 0.000000769. The van der Waals surface area contributed by atoms with E-state index in [9.17, 15) is 0 Å². The van der Waals surface area contributed by atoms with E-state index in [1.165, 1.54) is 33.4 Å². The molecule has 0 atom stereocenters. The van der Waals surface area contributed by atoms with Gasteiger partial charge in [-0.1, -0.05) is 255 Å². The SMILES string of the molecule is C(C=Cc1ccccc1)=Cc1ccccc1.C(C=Cc1ccccc1)=Cc1ccccc1.C(C=Cc1ccccc1)=Cc1ccccc1.CC=CC=[CH][Ti+3].C[O-].C[O-].C[O-]. The first kappa shape index (κ1) is 53.8. The summed E-state index contributed by atoms with van der Waals surface area (Å²) in [5.41, 5.74) is 7.33. The molecule has 0 radical (unpaired) electrons. The van der Waals surface area contributed by atoms with Crippen LogP contribution in [-0.4, -0.2) is 21.3 Å². The number of rotatable bonds is 10. The van der Waals surface area contributed by atoms with E-state index >= 15 is 0 Å². The van der Waals surface area contributed by atoms with Crippen LogP contribution >= 0.6 is 0 Å². The smallest absolute Gasteiger partial charge is 0.153 e. The molecule has 0 aliphatic rings. The normalized spacial score (nSPS) is 10.5. The maximum absolute atomic E-state index is 8.25. The van der Waals surface area contributed by atoms with Gasteiger partial charge in [-0.05, 0) is 33.4 Å². The van der Waals surface area contributed by atoms with Crippen molar-refractivity contribution in [3.05, 3.63) is 274 Å². The molecular formula is C56H58O3Ti. The van der Waals surface area contributed by atoms with Crippen molar-refractivity contribution in [2.75, 3.05) is 21.3 Å². The average Bonchev–Trinajstić information content (AvgIpc) is 3.34. The molecule has 6 aromatic rings. The summed E-state index contributed by atoms with van der Waals surface area (Å²) >= 11 is 2.00. The number of hydrogen-bond acceptors (Lipinski definition) is 3. The van der Waals surface area contributed by atoms with Crippen LogP contribution in [0, 0.1) is 0 Å². The van der Waals surface area contributed by atoms with Crippen LogP contribution in [0.1, 0.15) is 40.3 Å². The van der Waals surface area contributed by atoms with Crippen molar-refractivity contribution in [3.8, 4) is 0 Å². The van der Waals surface area contributed by atoms with Gasteiger partial charge >= 0.3 is 50.0 Å². The van der Waals surface area contributed by atoms with Crippen LogP contribution in [0.25, 0.3) is 36.5 Å². The molecular weight excluding hydrogens is 768 g/mol. The summed E-state index contributed by atoms with van der Waals surface area (Å²) in [7, 11) is 2.25. The summed E-state index contributed by atoms with van der Waals surface area (Å²) in [6, 6.07) is 61.7. The molecule has 6 rings (SSSR count). The largest absolute Gasteiger partial charge is 0.857 e. The van der Waals surface area contributed by atoms with Crippen LogP contribution in [0.15, 0.2) is 241 Å². The molecule has 0 spiro atoms. The molecule has 0 N–H and O–H groups in total. The van der Waals surface area contributed by atoms with Crippen molar-refractivity contribution in [2.24, 2.45) is 0 Å². The predicted octanol–water partition coefficient (Wildman–Crippen LogP) is 11.8. The molecule has 0 aliphatic carbocycles. The van der Waals surface area contributed by atoms with Gasteiger partial charge in [-0.15, -0.1) is 0 Å². The molecule has 0 heterocycles. The molecule has 0 saturated heterocycles. The molecule has 6 aromatic carbocycles. The molecule has 0 amide bonds. The zero-order chi connectivity index (χ0) is 44.0. The molecule has 0 unspecified atom stereocenters. The Kier molecular flexibility index (Phi) is 38.1. The van der Waals surface area contributed by atoms with E-state index in [4.69, 9.17) is 15.3 Å². The third kappa shape index (κ3) is 30.9. The Bertz CT molecular complexity index is 1650. The summed E-state index contributed by atoms with van der Waals surface area (Å²) < 4.78 is 2.00. The molecule has 60 heavy (non-hydrogen) atoms. The Morgan fingerprint density at radius 1 is 0.267 bits per heavy atom. The fraction of sp³-hybridized carbons (Fsp3) is 0.0714. The van der Waals surface area contributed by atoms with Gasteiger partial charge in [0.2, 0.25) is 0 Å². The summed E-state index contributed by atoms with van der Waals surface area (Å²) in [6.07, 6.45) is 30.9. The molecule has 0 saturated carbocycles. The van der Waals surface area contributed by atoms with Crippen LogP contribution in [0.2, 0.25) is 0 Å². The second kappa shape index (κ2) is 42.4. The Hall–Kier alpha value is -6.17. The van der Waals surface area contributed by atoms with Crippen molar-refractivity contribution in [3.63, 3.8) is 0 Å². The van der Waals surface area contributed by atoms with Crippen LogP contribution in [0.5, 0.6) is 0 Å². The first-order valence-electron chi connectivity index (χ1n) is 19.3.